The Kier molecular flexibility index (Phi) is 4.93. The molecular formula is C16H24N2O2S. The van der Waals surface area contributed by atoms with Gasteiger partial charge in [-0.05, 0) is 17.9 Å². The smallest absolute Gasteiger partial charge is 0.227 e. The van der Waals surface area contributed by atoms with E-state index in [1.807, 2.05) is 22.4 Å². The van der Waals surface area contributed by atoms with E-state index in [9.17, 15) is 4.79 Å². The first-order valence-electron chi connectivity index (χ1n) is 7.91. The first-order valence-corrected chi connectivity index (χ1v) is 8.79. The van der Waals surface area contributed by atoms with E-state index in [-0.39, 0.29) is 5.91 Å². The van der Waals surface area contributed by atoms with Gasteiger partial charge in [0.05, 0.1) is 25.7 Å². The van der Waals surface area contributed by atoms with E-state index >= 15 is 0 Å². The summed E-state index contributed by atoms with van der Waals surface area (Å²) in [5.41, 5.74) is 0. The lowest BCUT2D eigenvalue weighted by Crippen LogP contribution is -2.62. The highest BCUT2D eigenvalue weighted by molar-refractivity contribution is 7.10. The molecule has 2 fully saturated rings. The minimum absolute atomic E-state index is 0.259. The third-order valence-electron chi connectivity index (χ3n) is 4.50. The Labute approximate surface area is 130 Å². The molecule has 0 bridgehead atoms. The summed E-state index contributed by atoms with van der Waals surface area (Å²) in [5, 5.41) is 2.03. The lowest BCUT2D eigenvalue weighted by Gasteiger charge is -2.48. The number of amides is 1. The van der Waals surface area contributed by atoms with Gasteiger partial charge >= 0.3 is 0 Å². The Bertz CT molecular complexity index is 461. The molecule has 0 saturated carbocycles. The van der Waals surface area contributed by atoms with E-state index in [1.165, 1.54) is 12.8 Å². The van der Waals surface area contributed by atoms with Crippen molar-refractivity contribution in [3.05, 3.63) is 22.4 Å². The van der Waals surface area contributed by atoms with Gasteiger partial charge < -0.3 is 9.64 Å². The van der Waals surface area contributed by atoms with Gasteiger partial charge in [0.25, 0.3) is 0 Å². The molecule has 116 valence electrons. The number of hydrogen-bond donors (Lipinski definition) is 0. The van der Waals surface area contributed by atoms with Crippen molar-refractivity contribution < 1.29 is 9.53 Å². The summed E-state index contributed by atoms with van der Waals surface area (Å²) in [6.07, 6.45) is 2.93. The first kappa shape index (κ1) is 15.0. The van der Waals surface area contributed by atoms with Crippen LogP contribution in [0.1, 0.15) is 24.6 Å². The maximum Gasteiger partial charge on any atom is 0.227 e. The molecule has 0 aromatic carbocycles. The molecule has 1 amide bonds. The molecule has 0 spiro atoms. The van der Waals surface area contributed by atoms with Gasteiger partial charge in [-0.1, -0.05) is 19.4 Å². The van der Waals surface area contributed by atoms with Gasteiger partial charge in [-0.2, -0.15) is 0 Å². The summed E-state index contributed by atoms with van der Waals surface area (Å²) >= 11 is 1.66. The molecule has 2 atom stereocenters. The van der Waals surface area contributed by atoms with Crippen molar-refractivity contribution in [1.82, 2.24) is 9.80 Å². The highest BCUT2D eigenvalue weighted by Crippen LogP contribution is 2.22. The Morgan fingerprint density at radius 3 is 3.10 bits per heavy atom. The van der Waals surface area contributed by atoms with Crippen molar-refractivity contribution in [2.45, 2.75) is 38.3 Å². The average Bonchev–Trinajstić information content (AvgIpc) is 3.00. The molecule has 0 unspecified atom stereocenters. The highest BCUT2D eigenvalue weighted by atomic mass is 32.1. The van der Waals surface area contributed by atoms with Crippen molar-refractivity contribution in [2.75, 3.05) is 32.8 Å². The fourth-order valence-corrected chi connectivity index (χ4v) is 4.11. The van der Waals surface area contributed by atoms with Crippen molar-refractivity contribution in [2.24, 2.45) is 0 Å². The molecule has 4 nitrogen and oxygen atoms in total. The Balaban J connectivity index is 1.58. The molecule has 0 radical (unpaired) electrons. The minimum atomic E-state index is 0.259. The molecule has 3 rings (SSSR count). The summed E-state index contributed by atoms with van der Waals surface area (Å²) in [7, 11) is 0. The molecule has 5 heteroatoms. The number of carbonyl (C=O) groups excluding carboxylic acids is 1. The van der Waals surface area contributed by atoms with Crippen molar-refractivity contribution in [3.63, 3.8) is 0 Å². The number of thiophene rings is 1. The van der Waals surface area contributed by atoms with Crippen LogP contribution in [-0.4, -0.2) is 60.6 Å². The second-order valence-electron chi connectivity index (χ2n) is 5.97. The summed E-state index contributed by atoms with van der Waals surface area (Å²) in [6, 6.07) is 4.98. The molecule has 0 N–H and O–H groups in total. The van der Waals surface area contributed by atoms with Crippen molar-refractivity contribution >= 4 is 17.2 Å². The molecule has 2 saturated heterocycles. The van der Waals surface area contributed by atoms with Crippen LogP contribution >= 0.6 is 11.3 Å². The minimum Gasteiger partial charge on any atom is -0.378 e. The number of hydrogen-bond acceptors (Lipinski definition) is 4. The number of fused-ring (bicyclic) bond motifs is 1. The van der Waals surface area contributed by atoms with Gasteiger partial charge in [0, 0.05) is 30.6 Å². The first-order chi connectivity index (χ1) is 10.3. The van der Waals surface area contributed by atoms with Gasteiger partial charge in [0.2, 0.25) is 5.91 Å². The second kappa shape index (κ2) is 6.90. The maximum absolute atomic E-state index is 12.4. The maximum atomic E-state index is 12.4. The molecule has 0 aliphatic carbocycles. The monoisotopic (exact) mass is 308 g/mol. The van der Waals surface area contributed by atoms with Gasteiger partial charge in [0.1, 0.15) is 0 Å². The van der Waals surface area contributed by atoms with E-state index in [1.54, 1.807) is 11.3 Å². The van der Waals surface area contributed by atoms with Crippen LogP contribution in [0.4, 0.5) is 0 Å². The SMILES string of the molecule is CCC[C@H]1COC[C@H]2CN(C(=O)Cc3cccs3)CCN12. The third-order valence-corrected chi connectivity index (χ3v) is 5.37. The van der Waals surface area contributed by atoms with Gasteiger partial charge in [-0.25, -0.2) is 0 Å². The molecular weight excluding hydrogens is 284 g/mol. The number of morpholine rings is 1. The zero-order chi connectivity index (χ0) is 14.7. The third kappa shape index (κ3) is 3.47. The number of piperazine rings is 1. The van der Waals surface area contributed by atoms with E-state index < -0.39 is 0 Å². The van der Waals surface area contributed by atoms with Crippen LogP contribution in [0.3, 0.4) is 0 Å². The Hall–Kier alpha value is -0.910. The van der Waals surface area contributed by atoms with Crippen LogP contribution in [0.25, 0.3) is 0 Å². The Morgan fingerprint density at radius 2 is 2.33 bits per heavy atom. The molecule has 1 aromatic heterocycles. The quantitative estimate of drug-likeness (QED) is 0.853. The summed E-state index contributed by atoms with van der Waals surface area (Å²) in [5.74, 6) is 0.259. The predicted molar refractivity (Wildman–Crippen MR) is 84.6 cm³/mol. The van der Waals surface area contributed by atoms with Crippen LogP contribution in [0.2, 0.25) is 0 Å². The van der Waals surface area contributed by atoms with Crippen LogP contribution < -0.4 is 0 Å². The van der Waals surface area contributed by atoms with Gasteiger partial charge in [-0.15, -0.1) is 11.3 Å². The van der Waals surface area contributed by atoms with E-state index in [2.05, 4.69) is 11.8 Å². The van der Waals surface area contributed by atoms with Crippen LogP contribution in [0.5, 0.6) is 0 Å². The number of ether oxygens (including phenoxy) is 1. The predicted octanol–water partition coefficient (Wildman–Crippen LogP) is 2.00. The second-order valence-corrected chi connectivity index (χ2v) is 7.00. The van der Waals surface area contributed by atoms with Gasteiger partial charge in [-0.3, -0.25) is 9.69 Å². The van der Waals surface area contributed by atoms with E-state index in [0.717, 1.165) is 37.7 Å². The molecule has 2 aliphatic rings. The standard InChI is InChI=1S/C16H24N2O2S/c1-2-4-13-11-20-12-14-10-17(6-7-18(13)14)16(19)9-15-5-3-8-21-15/h3,5,8,13-14H,2,4,6-7,9-12H2,1H3/t13-,14+/m0/s1. The largest absolute Gasteiger partial charge is 0.378 e. The van der Waals surface area contributed by atoms with Crippen LogP contribution in [0.15, 0.2) is 17.5 Å². The number of nitrogens with zero attached hydrogens (tertiary/aromatic N) is 2. The van der Waals surface area contributed by atoms with E-state index in [0.29, 0.717) is 18.5 Å². The molecule has 2 aliphatic heterocycles. The molecule has 3 heterocycles. The zero-order valence-corrected chi connectivity index (χ0v) is 13.5. The number of rotatable bonds is 4. The lowest BCUT2D eigenvalue weighted by atomic mass is 10.0. The summed E-state index contributed by atoms with van der Waals surface area (Å²) in [6.45, 7) is 6.53. The zero-order valence-electron chi connectivity index (χ0n) is 12.7. The van der Waals surface area contributed by atoms with Crippen molar-refractivity contribution in [3.8, 4) is 0 Å². The lowest BCUT2D eigenvalue weighted by molar-refractivity contribution is -0.139. The highest BCUT2D eigenvalue weighted by Gasteiger charge is 2.36. The van der Waals surface area contributed by atoms with Gasteiger partial charge in [0.15, 0.2) is 0 Å². The fourth-order valence-electron chi connectivity index (χ4n) is 3.42. The summed E-state index contributed by atoms with van der Waals surface area (Å²) in [4.78, 5) is 18.2. The fraction of sp³-hybridized carbons (Fsp3) is 0.688. The number of carbonyl (C=O) groups is 1. The van der Waals surface area contributed by atoms with E-state index in [4.69, 9.17) is 4.74 Å². The summed E-state index contributed by atoms with van der Waals surface area (Å²) < 4.78 is 5.76. The normalized spacial score (nSPS) is 26.6. The van der Waals surface area contributed by atoms with Crippen LogP contribution in [0, 0.1) is 0 Å². The molecule has 1 aromatic rings. The van der Waals surface area contributed by atoms with Crippen molar-refractivity contribution in [1.29, 1.82) is 0 Å². The Morgan fingerprint density at radius 1 is 1.43 bits per heavy atom. The molecule has 21 heavy (non-hydrogen) atoms. The average molecular weight is 308 g/mol. The van der Waals surface area contributed by atoms with Crippen LogP contribution in [-0.2, 0) is 16.0 Å². The topological polar surface area (TPSA) is 32.8 Å².